The van der Waals surface area contributed by atoms with Gasteiger partial charge in [-0.15, -0.1) is 0 Å². The van der Waals surface area contributed by atoms with Gasteiger partial charge in [-0.1, -0.05) is 29.3 Å². The monoisotopic (exact) mass is 394 g/mol. The van der Waals surface area contributed by atoms with E-state index in [2.05, 4.69) is 4.98 Å². The molecule has 2 unspecified atom stereocenters. The topological polar surface area (TPSA) is 62.7 Å². The summed E-state index contributed by atoms with van der Waals surface area (Å²) in [7, 11) is 1.55. The Labute approximate surface area is 162 Å². The van der Waals surface area contributed by atoms with Crippen LogP contribution >= 0.6 is 23.2 Å². The van der Waals surface area contributed by atoms with Crippen molar-refractivity contribution in [3.63, 3.8) is 0 Å². The molecule has 1 amide bonds. The number of carbonyl (C=O) groups excluding carboxylic acids is 1. The smallest absolute Gasteiger partial charge is 0.227 e. The van der Waals surface area contributed by atoms with Gasteiger partial charge in [0.15, 0.2) is 0 Å². The Morgan fingerprint density at radius 1 is 1.38 bits per heavy atom. The lowest BCUT2D eigenvalue weighted by Gasteiger charge is -2.29. The maximum atomic E-state index is 12.8. The van der Waals surface area contributed by atoms with E-state index in [1.54, 1.807) is 48.7 Å². The zero-order chi connectivity index (χ0) is 18.7. The minimum absolute atomic E-state index is 0.0483. The molecule has 1 aliphatic heterocycles. The van der Waals surface area contributed by atoms with E-state index in [0.717, 1.165) is 18.4 Å². The van der Waals surface area contributed by atoms with Gasteiger partial charge in [0, 0.05) is 24.5 Å². The van der Waals surface area contributed by atoms with Crippen LogP contribution in [0.2, 0.25) is 10.0 Å². The first-order valence-electron chi connectivity index (χ1n) is 8.40. The van der Waals surface area contributed by atoms with E-state index in [-0.39, 0.29) is 18.4 Å². The average Bonchev–Trinajstić information content (AvgIpc) is 3.14. The number of likely N-dealkylation sites (tertiary alicyclic amines) is 1. The highest BCUT2D eigenvalue weighted by Gasteiger charge is 2.35. The van der Waals surface area contributed by atoms with Crippen molar-refractivity contribution in [3.05, 3.63) is 57.8 Å². The Balaban J connectivity index is 1.76. The van der Waals surface area contributed by atoms with Crippen LogP contribution in [0, 0.1) is 0 Å². The number of ether oxygens (including phenoxy) is 1. The molecule has 0 radical (unpaired) electrons. The van der Waals surface area contributed by atoms with Gasteiger partial charge >= 0.3 is 0 Å². The lowest BCUT2D eigenvalue weighted by molar-refractivity contribution is -0.133. The number of aromatic nitrogens is 1. The number of pyridine rings is 1. The molecule has 3 rings (SSSR count). The summed E-state index contributed by atoms with van der Waals surface area (Å²) >= 11 is 12.0. The highest BCUT2D eigenvalue weighted by atomic mass is 35.5. The summed E-state index contributed by atoms with van der Waals surface area (Å²) in [6.07, 6.45) is 4.13. The highest BCUT2D eigenvalue weighted by Crippen LogP contribution is 2.34. The second-order valence-electron chi connectivity index (χ2n) is 6.28. The number of aliphatic hydroxyl groups is 1. The maximum Gasteiger partial charge on any atom is 0.227 e. The summed E-state index contributed by atoms with van der Waals surface area (Å²) in [5.74, 6) is 0.518. The second kappa shape index (κ2) is 8.25. The van der Waals surface area contributed by atoms with Crippen LogP contribution in [0.15, 0.2) is 36.7 Å². The summed E-state index contributed by atoms with van der Waals surface area (Å²) < 4.78 is 5.31. The number of benzene rings is 1. The number of nitrogens with zero attached hydrogens (tertiary/aromatic N) is 2. The third kappa shape index (κ3) is 3.95. The molecule has 1 fully saturated rings. The zero-order valence-corrected chi connectivity index (χ0v) is 15.9. The summed E-state index contributed by atoms with van der Waals surface area (Å²) in [5.41, 5.74) is 1.39. The van der Waals surface area contributed by atoms with Crippen molar-refractivity contribution in [1.82, 2.24) is 9.88 Å². The first-order valence-corrected chi connectivity index (χ1v) is 9.16. The lowest BCUT2D eigenvalue weighted by atomic mass is 10.0. The van der Waals surface area contributed by atoms with Gasteiger partial charge in [0.2, 0.25) is 5.91 Å². The van der Waals surface area contributed by atoms with Crippen LogP contribution in [0.1, 0.15) is 30.1 Å². The van der Waals surface area contributed by atoms with Gasteiger partial charge in [0.25, 0.3) is 0 Å². The van der Waals surface area contributed by atoms with Crippen molar-refractivity contribution in [3.8, 4) is 5.75 Å². The number of hydrogen-bond donors (Lipinski definition) is 1. The van der Waals surface area contributed by atoms with Crippen molar-refractivity contribution in [2.24, 2.45) is 0 Å². The SMILES string of the molecule is COc1ccncc1C(O)C1CCCN1C(=O)Cc1ccc(Cl)c(Cl)c1. The Kier molecular flexibility index (Phi) is 6.01. The van der Waals surface area contributed by atoms with Crippen LogP contribution in [-0.4, -0.2) is 40.6 Å². The number of amides is 1. The Morgan fingerprint density at radius 2 is 2.19 bits per heavy atom. The number of methoxy groups -OCH3 is 1. The molecular weight excluding hydrogens is 375 g/mol. The molecule has 0 spiro atoms. The van der Waals surface area contributed by atoms with E-state index in [1.165, 1.54) is 0 Å². The van der Waals surface area contributed by atoms with Crippen LogP contribution in [0.5, 0.6) is 5.75 Å². The molecule has 1 aromatic heterocycles. The van der Waals surface area contributed by atoms with Gasteiger partial charge in [0.1, 0.15) is 11.9 Å². The van der Waals surface area contributed by atoms with Gasteiger partial charge in [-0.05, 0) is 36.6 Å². The zero-order valence-electron chi connectivity index (χ0n) is 14.4. The van der Waals surface area contributed by atoms with Gasteiger partial charge in [-0.25, -0.2) is 0 Å². The molecule has 1 N–H and O–H groups in total. The van der Waals surface area contributed by atoms with Crippen LogP contribution in [0.4, 0.5) is 0 Å². The molecule has 26 heavy (non-hydrogen) atoms. The van der Waals surface area contributed by atoms with Gasteiger partial charge in [-0.2, -0.15) is 0 Å². The first kappa shape index (κ1) is 19.0. The fourth-order valence-electron chi connectivity index (χ4n) is 3.37. The highest BCUT2D eigenvalue weighted by molar-refractivity contribution is 6.42. The van der Waals surface area contributed by atoms with Crippen molar-refractivity contribution >= 4 is 29.1 Å². The molecule has 0 saturated carbocycles. The minimum atomic E-state index is -0.848. The van der Waals surface area contributed by atoms with E-state index in [0.29, 0.717) is 27.9 Å². The molecule has 0 aliphatic carbocycles. The molecule has 5 nitrogen and oxygen atoms in total. The van der Waals surface area contributed by atoms with E-state index in [9.17, 15) is 9.90 Å². The second-order valence-corrected chi connectivity index (χ2v) is 7.10. The van der Waals surface area contributed by atoms with Crippen molar-refractivity contribution in [2.45, 2.75) is 31.4 Å². The van der Waals surface area contributed by atoms with Crippen LogP contribution in [0.3, 0.4) is 0 Å². The molecule has 138 valence electrons. The summed E-state index contributed by atoms with van der Waals surface area (Å²) in [5, 5.41) is 11.7. The van der Waals surface area contributed by atoms with Crippen molar-refractivity contribution in [2.75, 3.05) is 13.7 Å². The molecule has 1 aromatic carbocycles. The molecule has 2 aromatic rings. The minimum Gasteiger partial charge on any atom is -0.496 e. The number of hydrogen-bond acceptors (Lipinski definition) is 4. The summed E-state index contributed by atoms with van der Waals surface area (Å²) in [6.45, 7) is 0.616. The third-order valence-electron chi connectivity index (χ3n) is 4.67. The van der Waals surface area contributed by atoms with Crippen LogP contribution in [0.25, 0.3) is 0 Å². The van der Waals surface area contributed by atoms with E-state index >= 15 is 0 Å². The molecule has 0 bridgehead atoms. The van der Waals surface area contributed by atoms with Gasteiger partial charge < -0.3 is 14.7 Å². The number of rotatable bonds is 5. The van der Waals surface area contributed by atoms with E-state index < -0.39 is 6.10 Å². The Bertz CT molecular complexity index is 800. The summed E-state index contributed by atoms with van der Waals surface area (Å²) in [4.78, 5) is 18.6. The molecule has 1 aliphatic rings. The van der Waals surface area contributed by atoms with E-state index in [4.69, 9.17) is 27.9 Å². The van der Waals surface area contributed by atoms with Gasteiger partial charge in [-0.3, -0.25) is 9.78 Å². The number of halogens is 2. The fraction of sp³-hybridized carbons (Fsp3) is 0.368. The standard InChI is InChI=1S/C19H20Cl2N2O3/c1-26-17-6-7-22-11-13(17)19(25)16-3-2-8-23(16)18(24)10-12-4-5-14(20)15(21)9-12/h4-7,9,11,16,19,25H,2-3,8,10H2,1H3. The molecule has 7 heteroatoms. The van der Waals surface area contributed by atoms with Crippen LogP contribution < -0.4 is 4.74 Å². The Morgan fingerprint density at radius 3 is 2.92 bits per heavy atom. The predicted molar refractivity (Wildman–Crippen MR) is 101 cm³/mol. The maximum absolute atomic E-state index is 12.8. The average molecular weight is 395 g/mol. The largest absolute Gasteiger partial charge is 0.496 e. The Hall–Kier alpha value is -1.82. The van der Waals surface area contributed by atoms with E-state index in [1.807, 2.05) is 0 Å². The fourth-order valence-corrected chi connectivity index (χ4v) is 3.69. The van der Waals surface area contributed by atoms with Crippen molar-refractivity contribution < 1.29 is 14.6 Å². The summed E-state index contributed by atoms with van der Waals surface area (Å²) in [6, 6.07) is 6.58. The quantitative estimate of drug-likeness (QED) is 0.840. The molecule has 2 heterocycles. The normalized spacial score (nSPS) is 18.0. The molecular formula is C19H20Cl2N2O3. The molecule has 1 saturated heterocycles. The van der Waals surface area contributed by atoms with Gasteiger partial charge in [0.05, 0.1) is 29.6 Å². The number of aliphatic hydroxyl groups excluding tert-OH is 1. The predicted octanol–water partition coefficient (Wildman–Crippen LogP) is 3.66. The van der Waals surface area contributed by atoms with Crippen molar-refractivity contribution in [1.29, 1.82) is 0 Å². The van der Waals surface area contributed by atoms with Crippen LogP contribution in [-0.2, 0) is 11.2 Å². The lowest BCUT2D eigenvalue weighted by Crippen LogP contribution is -2.40. The third-order valence-corrected chi connectivity index (χ3v) is 5.41. The molecule has 2 atom stereocenters. The first-order chi connectivity index (χ1) is 12.5. The number of carbonyl (C=O) groups is 1.